The number of nitrogens with two attached hydrogens (primary N) is 2. The van der Waals surface area contributed by atoms with Gasteiger partial charge in [-0.1, -0.05) is 23.2 Å². The molecule has 4 N–H and O–H groups in total. The predicted molar refractivity (Wildman–Crippen MR) is 32.3 cm³/mol. The number of hydrogen-bond donors (Lipinski definition) is 2. The Balaban J connectivity index is 0. The molecule has 0 fully saturated rings. The monoisotopic (exact) mass is 248 g/mol. The summed E-state index contributed by atoms with van der Waals surface area (Å²) in [6, 6.07) is -0.393. The normalized spacial score (nSPS) is 14.6. The summed E-state index contributed by atoms with van der Waals surface area (Å²) in [5.41, 5.74) is 10.3. The van der Waals surface area contributed by atoms with E-state index in [2.05, 4.69) is 0 Å². The van der Waals surface area contributed by atoms with Crippen molar-refractivity contribution >= 4 is 23.2 Å². The van der Waals surface area contributed by atoms with Gasteiger partial charge >= 0.3 is 0 Å². The fourth-order valence-corrected chi connectivity index (χ4v) is 0. The zero-order chi connectivity index (χ0) is 6.08. The first-order valence-corrected chi connectivity index (χ1v) is 2.62. The predicted octanol–water partition coefficient (Wildman–Crippen LogP) is 0.421. The van der Waals surface area contributed by atoms with Crippen LogP contribution in [0.5, 0.6) is 0 Å². The van der Waals surface area contributed by atoms with E-state index in [-0.39, 0.29) is 20.4 Å². The summed E-state index contributed by atoms with van der Waals surface area (Å²) in [4.78, 5) is 0. The third kappa shape index (κ3) is 5.30. The first kappa shape index (κ1) is 11.9. The van der Waals surface area contributed by atoms with E-state index >= 15 is 0 Å². The summed E-state index contributed by atoms with van der Waals surface area (Å²) in [6.07, 6.45) is 0. The van der Waals surface area contributed by atoms with Gasteiger partial charge in [-0.05, 0) is 6.92 Å². The molecule has 0 saturated heterocycles. The van der Waals surface area contributed by atoms with Crippen molar-refractivity contribution < 1.29 is 20.4 Å². The fourth-order valence-electron chi connectivity index (χ4n) is 0. The maximum Gasteiger partial charge on any atom is 0.181 e. The van der Waals surface area contributed by atoms with Crippen molar-refractivity contribution in [2.24, 2.45) is 11.5 Å². The number of hydrogen-bond acceptors (Lipinski definition) is 2. The Kier molecular flexibility index (Phi) is 6.03. The molecule has 0 amide bonds. The van der Waals surface area contributed by atoms with E-state index in [1.807, 2.05) is 0 Å². The van der Waals surface area contributed by atoms with Crippen LogP contribution in [0.15, 0.2) is 0 Å². The molecule has 0 bridgehead atoms. The van der Waals surface area contributed by atoms with E-state index in [1.54, 1.807) is 6.92 Å². The molecule has 0 rings (SSSR count). The maximum absolute atomic E-state index is 5.29. The van der Waals surface area contributed by atoms with E-state index in [4.69, 9.17) is 34.7 Å². The molecule has 2 nitrogen and oxygen atoms in total. The molecule has 8 heavy (non-hydrogen) atoms. The van der Waals surface area contributed by atoms with Crippen LogP contribution in [0.25, 0.3) is 0 Å². The van der Waals surface area contributed by atoms with E-state index in [0.717, 1.165) is 0 Å². The summed E-state index contributed by atoms with van der Waals surface area (Å²) in [5.74, 6) is 0. The maximum atomic E-state index is 5.29. The second kappa shape index (κ2) is 4.05. The van der Waals surface area contributed by atoms with E-state index in [0.29, 0.717) is 0 Å². The molecule has 0 aliphatic carbocycles. The van der Waals surface area contributed by atoms with Gasteiger partial charge in [0, 0.05) is 26.5 Å². The average molecular weight is 249 g/mol. The Morgan fingerprint density at radius 2 is 1.62 bits per heavy atom. The minimum absolute atomic E-state index is 0. The van der Waals surface area contributed by atoms with E-state index in [9.17, 15) is 0 Å². The minimum atomic E-state index is -1.28. The molecule has 0 saturated carbocycles. The third-order valence-corrected chi connectivity index (χ3v) is 1.30. The van der Waals surface area contributed by atoms with Crippen molar-refractivity contribution in [1.29, 1.82) is 0 Å². The van der Waals surface area contributed by atoms with Crippen molar-refractivity contribution in [2.75, 3.05) is 0 Å². The number of alkyl halides is 2. The van der Waals surface area contributed by atoms with Gasteiger partial charge in [-0.3, -0.25) is 5.73 Å². The summed E-state index contributed by atoms with van der Waals surface area (Å²) >= 11 is 10.6. The van der Waals surface area contributed by atoms with Gasteiger partial charge in [-0.15, -0.1) is 0 Å². The molecule has 0 heterocycles. The van der Waals surface area contributed by atoms with Crippen molar-refractivity contribution in [3.63, 3.8) is 0 Å². The standard InChI is InChI=1S/C3H8Cl2N2.Pd/c1-2(6)3(4,5)7;/h2H,6-7H2,1H3;. The van der Waals surface area contributed by atoms with E-state index in [1.165, 1.54) is 0 Å². The van der Waals surface area contributed by atoms with Gasteiger partial charge in [0.05, 0.1) is 0 Å². The topological polar surface area (TPSA) is 52.0 Å². The van der Waals surface area contributed by atoms with Crippen LogP contribution in [-0.2, 0) is 20.4 Å². The van der Waals surface area contributed by atoms with Crippen LogP contribution in [0.3, 0.4) is 0 Å². The zero-order valence-electron chi connectivity index (χ0n) is 4.30. The molecule has 0 aromatic heterocycles. The minimum Gasteiger partial charge on any atom is -0.324 e. The van der Waals surface area contributed by atoms with Crippen LogP contribution in [0.4, 0.5) is 0 Å². The van der Waals surface area contributed by atoms with Crippen LogP contribution >= 0.6 is 23.2 Å². The SMILES string of the molecule is CC(N)C(N)(Cl)Cl.[Pd]. The molecule has 0 aromatic rings. The van der Waals surface area contributed by atoms with Crippen LogP contribution in [0.2, 0.25) is 0 Å². The summed E-state index contributed by atoms with van der Waals surface area (Å²) < 4.78 is -1.28. The third-order valence-electron chi connectivity index (χ3n) is 0.607. The van der Waals surface area contributed by atoms with Gasteiger partial charge in [0.2, 0.25) is 0 Å². The van der Waals surface area contributed by atoms with Crippen molar-refractivity contribution in [2.45, 2.75) is 17.4 Å². The summed E-state index contributed by atoms with van der Waals surface area (Å²) in [6.45, 7) is 1.64. The van der Waals surface area contributed by atoms with Gasteiger partial charge in [-0.2, -0.15) is 0 Å². The molecule has 1 atom stereocenters. The zero-order valence-corrected chi connectivity index (χ0v) is 7.37. The first-order valence-electron chi connectivity index (χ1n) is 1.87. The molecule has 54 valence electrons. The van der Waals surface area contributed by atoms with Crippen molar-refractivity contribution in [3.05, 3.63) is 0 Å². The Labute approximate surface area is 72.5 Å². The second-order valence-corrected chi connectivity index (χ2v) is 2.91. The summed E-state index contributed by atoms with van der Waals surface area (Å²) in [7, 11) is 0. The van der Waals surface area contributed by atoms with Crippen LogP contribution in [0.1, 0.15) is 6.92 Å². The molecule has 0 aliphatic rings. The van der Waals surface area contributed by atoms with Gasteiger partial charge in [0.1, 0.15) is 0 Å². The first-order chi connectivity index (χ1) is 2.94. The average Bonchev–Trinajstić information content (AvgIpc) is 1.31. The van der Waals surface area contributed by atoms with Crippen molar-refractivity contribution in [1.82, 2.24) is 0 Å². The quantitative estimate of drug-likeness (QED) is 0.402. The molecule has 0 aromatic carbocycles. The van der Waals surface area contributed by atoms with E-state index < -0.39 is 10.5 Å². The molecule has 0 aliphatic heterocycles. The van der Waals surface area contributed by atoms with Gasteiger partial charge in [0.25, 0.3) is 0 Å². The fraction of sp³-hybridized carbons (Fsp3) is 1.00. The molecular formula is C3H8Cl2N2Pd. The molecular weight excluding hydrogens is 241 g/mol. The summed E-state index contributed by atoms with van der Waals surface area (Å²) in [5, 5.41) is 0. The van der Waals surface area contributed by atoms with Crippen molar-refractivity contribution in [3.8, 4) is 0 Å². The molecule has 1 unspecified atom stereocenters. The smallest absolute Gasteiger partial charge is 0.181 e. The van der Waals surface area contributed by atoms with Gasteiger partial charge < -0.3 is 5.73 Å². The Hall–Kier alpha value is 1.16. The van der Waals surface area contributed by atoms with Crippen LogP contribution in [-0.4, -0.2) is 10.5 Å². The van der Waals surface area contributed by atoms with Gasteiger partial charge in [0.15, 0.2) is 4.46 Å². The molecule has 5 heteroatoms. The number of halogens is 2. The second-order valence-electron chi connectivity index (χ2n) is 1.46. The Bertz CT molecular complexity index is 60.8. The molecule has 0 spiro atoms. The Morgan fingerprint density at radius 3 is 1.62 bits per heavy atom. The van der Waals surface area contributed by atoms with Gasteiger partial charge in [-0.25, -0.2) is 0 Å². The Morgan fingerprint density at radius 1 is 1.50 bits per heavy atom. The van der Waals surface area contributed by atoms with Crippen LogP contribution in [0, 0.1) is 0 Å². The van der Waals surface area contributed by atoms with Crippen LogP contribution < -0.4 is 11.5 Å². The molecule has 0 radical (unpaired) electrons. The largest absolute Gasteiger partial charge is 0.324 e. The number of rotatable bonds is 1.